The Morgan fingerprint density at radius 1 is 1.24 bits per heavy atom. The molecular formula is C20H33BN2O6. The zero-order valence-electron chi connectivity index (χ0n) is 17.8. The van der Waals surface area contributed by atoms with Crippen LogP contribution in [0.15, 0.2) is 0 Å². The second-order valence-corrected chi connectivity index (χ2v) is 10.1. The van der Waals surface area contributed by atoms with E-state index in [4.69, 9.17) is 19.2 Å². The molecule has 0 radical (unpaired) electrons. The van der Waals surface area contributed by atoms with Crippen LogP contribution in [0.3, 0.4) is 0 Å². The molecule has 3 N–H and O–H groups in total. The summed E-state index contributed by atoms with van der Waals surface area (Å²) in [5.74, 6) is 0.969. The summed E-state index contributed by atoms with van der Waals surface area (Å²) in [6.45, 7) is 6.77. The molecule has 4 saturated carbocycles. The Kier molecular flexibility index (Phi) is 5.36. The minimum absolute atomic E-state index is 0.0288. The van der Waals surface area contributed by atoms with Crippen molar-refractivity contribution < 1.29 is 28.7 Å². The number of hydrogen-bond donors (Lipinski definition) is 3. The summed E-state index contributed by atoms with van der Waals surface area (Å²) < 4.78 is 17.9. The van der Waals surface area contributed by atoms with Gasteiger partial charge in [0.25, 0.3) is 0 Å². The first-order valence-corrected chi connectivity index (χ1v) is 10.8. The zero-order valence-corrected chi connectivity index (χ0v) is 17.8. The second-order valence-electron chi connectivity index (χ2n) is 10.1. The van der Waals surface area contributed by atoms with Crippen molar-refractivity contribution in [2.45, 2.75) is 76.6 Å². The van der Waals surface area contributed by atoms with Gasteiger partial charge in [0.2, 0.25) is 5.91 Å². The molecule has 0 spiro atoms. The molecule has 1 saturated heterocycles. The van der Waals surface area contributed by atoms with Crippen LogP contribution >= 0.6 is 0 Å². The van der Waals surface area contributed by atoms with Gasteiger partial charge in [0.15, 0.2) is 0 Å². The van der Waals surface area contributed by atoms with Crippen molar-refractivity contribution in [2.24, 2.45) is 23.2 Å². The number of rotatable bonds is 8. The van der Waals surface area contributed by atoms with E-state index in [9.17, 15) is 9.59 Å². The maximum atomic E-state index is 12.8. The Balaban J connectivity index is 1.46. The minimum atomic E-state index is -1.25. The van der Waals surface area contributed by atoms with E-state index in [1.165, 1.54) is 13.5 Å². The fourth-order valence-electron chi connectivity index (χ4n) is 5.80. The van der Waals surface area contributed by atoms with Gasteiger partial charge in [-0.05, 0) is 49.4 Å². The third-order valence-corrected chi connectivity index (χ3v) is 7.86. The van der Waals surface area contributed by atoms with Gasteiger partial charge in [0, 0.05) is 7.11 Å². The predicted octanol–water partition coefficient (Wildman–Crippen LogP) is 1.82. The quantitative estimate of drug-likeness (QED) is 0.529. The lowest BCUT2D eigenvalue weighted by Crippen LogP contribution is -2.65. The Bertz CT molecular complexity index is 671. The molecule has 9 heteroatoms. The number of carboxylic acid groups (broad SMARTS) is 1. The Labute approximate surface area is 172 Å². The lowest BCUT2D eigenvalue weighted by Gasteiger charge is -2.64. The number of methoxy groups -OCH3 is 1. The first-order valence-electron chi connectivity index (χ1n) is 10.8. The predicted molar refractivity (Wildman–Crippen MR) is 106 cm³/mol. The van der Waals surface area contributed by atoms with Crippen LogP contribution in [0.1, 0.15) is 52.9 Å². The van der Waals surface area contributed by atoms with Gasteiger partial charge in [-0.15, -0.1) is 0 Å². The maximum Gasteiger partial charge on any atom is 0.481 e. The standard InChI is InChI=1S/C20H33BN2O6/c1-19(2)12-8-14(19)20(3)15(9-12)28-21(29-20)16(7-11-5-6-11)23-17(24)13(10-27-4)22-18(25)26/h11-16,22H,5-10H2,1-4H3,(H,23,24)(H,25,26)/t12-,13?,14-,15+,16-,20-/m0/s1. The minimum Gasteiger partial charge on any atom is -0.465 e. The third-order valence-electron chi connectivity index (χ3n) is 7.86. The number of carbonyl (C=O) groups is 2. The molecule has 1 aliphatic heterocycles. The van der Waals surface area contributed by atoms with E-state index in [-0.39, 0.29) is 29.7 Å². The molecular weight excluding hydrogens is 375 g/mol. The summed E-state index contributed by atoms with van der Waals surface area (Å²) in [5.41, 5.74) is -0.0750. The molecule has 2 bridgehead atoms. The summed E-state index contributed by atoms with van der Waals surface area (Å²) in [5, 5.41) is 14.2. The van der Waals surface area contributed by atoms with Crippen LogP contribution in [-0.2, 0) is 18.8 Å². The Morgan fingerprint density at radius 2 is 1.97 bits per heavy atom. The molecule has 0 aromatic rings. The van der Waals surface area contributed by atoms with E-state index >= 15 is 0 Å². The van der Waals surface area contributed by atoms with Crippen molar-refractivity contribution in [3.63, 3.8) is 0 Å². The van der Waals surface area contributed by atoms with Gasteiger partial charge >= 0.3 is 13.2 Å². The zero-order chi connectivity index (χ0) is 21.0. The van der Waals surface area contributed by atoms with E-state index < -0.39 is 25.2 Å². The molecule has 5 aliphatic rings. The van der Waals surface area contributed by atoms with E-state index in [2.05, 4.69) is 31.4 Å². The lowest BCUT2D eigenvalue weighted by molar-refractivity contribution is -0.199. The van der Waals surface area contributed by atoms with Crippen molar-refractivity contribution in [3.05, 3.63) is 0 Å². The smallest absolute Gasteiger partial charge is 0.465 e. The molecule has 8 nitrogen and oxygen atoms in total. The summed E-state index contributed by atoms with van der Waals surface area (Å²) in [4.78, 5) is 23.8. The van der Waals surface area contributed by atoms with Crippen molar-refractivity contribution in [2.75, 3.05) is 13.7 Å². The van der Waals surface area contributed by atoms with Gasteiger partial charge in [-0.2, -0.15) is 0 Å². The Morgan fingerprint density at radius 3 is 2.55 bits per heavy atom. The van der Waals surface area contributed by atoms with E-state index in [0.29, 0.717) is 17.8 Å². The van der Waals surface area contributed by atoms with Crippen molar-refractivity contribution in [1.82, 2.24) is 10.6 Å². The second kappa shape index (κ2) is 7.43. The fraction of sp³-hybridized carbons (Fsp3) is 0.900. The molecule has 6 atom stereocenters. The maximum absolute atomic E-state index is 12.8. The average molecular weight is 408 g/mol. The molecule has 1 unspecified atom stereocenters. The van der Waals surface area contributed by atoms with Gasteiger partial charge in [0.1, 0.15) is 6.04 Å². The van der Waals surface area contributed by atoms with Crippen LogP contribution in [0.25, 0.3) is 0 Å². The molecule has 2 amide bonds. The normalized spacial score (nSPS) is 36.6. The van der Waals surface area contributed by atoms with Crippen LogP contribution in [0, 0.1) is 23.2 Å². The average Bonchev–Trinajstić information content (AvgIpc) is 3.37. The van der Waals surface area contributed by atoms with Crippen molar-refractivity contribution in [3.8, 4) is 0 Å². The van der Waals surface area contributed by atoms with Crippen LogP contribution < -0.4 is 10.6 Å². The summed E-state index contributed by atoms with van der Waals surface area (Å²) >= 11 is 0. The van der Waals surface area contributed by atoms with Gasteiger partial charge in [-0.25, -0.2) is 4.79 Å². The Hall–Kier alpha value is -1.32. The van der Waals surface area contributed by atoms with Gasteiger partial charge in [-0.3, -0.25) is 4.79 Å². The van der Waals surface area contributed by atoms with Gasteiger partial charge in [0.05, 0.1) is 24.3 Å². The van der Waals surface area contributed by atoms with Crippen LogP contribution in [-0.4, -0.2) is 61.6 Å². The number of nitrogens with one attached hydrogen (secondary N) is 2. The first-order chi connectivity index (χ1) is 13.6. The highest BCUT2D eigenvalue weighted by atomic mass is 16.7. The highest BCUT2D eigenvalue weighted by Gasteiger charge is 2.68. The van der Waals surface area contributed by atoms with E-state index in [0.717, 1.165) is 25.7 Å². The molecule has 1 heterocycles. The molecule has 5 fully saturated rings. The highest BCUT2D eigenvalue weighted by Crippen LogP contribution is 2.65. The lowest BCUT2D eigenvalue weighted by atomic mass is 9.43. The monoisotopic (exact) mass is 408 g/mol. The third kappa shape index (κ3) is 3.77. The van der Waals surface area contributed by atoms with Crippen LogP contribution in [0.5, 0.6) is 0 Å². The van der Waals surface area contributed by atoms with Gasteiger partial charge < -0.3 is 29.8 Å². The van der Waals surface area contributed by atoms with E-state index in [1.54, 1.807) is 0 Å². The number of ether oxygens (including phenoxy) is 1. The number of hydrogen-bond acceptors (Lipinski definition) is 5. The molecule has 29 heavy (non-hydrogen) atoms. The molecule has 162 valence electrons. The SMILES string of the molecule is COCC(NC(=O)O)C(=O)N[C@@H](CC1CC1)B1O[C@@H]2C[C@@H]3C[C@@H](C3(C)C)[C@]2(C)O1. The first kappa shape index (κ1) is 20.9. The van der Waals surface area contributed by atoms with Crippen LogP contribution in [0.2, 0.25) is 0 Å². The number of amides is 2. The molecule has 0 aromatic carbocycles. The van der Waals surface area contributed by atoms with Crippen LogP contribution in [0.4, 0.5) is 4.79 Å². The molecule has 4 aliphatic carbocycles. The fourth-order valence-corrected chi connectivity index (χ4v) is 5.80. The molecule has 0 aromatic heterocycles. The largest absolute Gasteiger partial charge is 0.481 e. The molecule has 5 rings (SSSR count). The van der Waals surface area contributed by atoms with Crippen molar-refractivity contribution in [1.29, 1.82) is 0 Å². The van der Waals surface area contributed by atoms with Crippen molar-refractivity contribution >= 4 is 19.1 Å². The van der Waals surface area contributed by atoms with E-state index in [1.807, 2.05) is 0 Å². The summed E-state index contributed by atoms with van der Waals surface area (Å²) in [6, 6.07) is -0.967. The summed E-state index contributed by atoms with van der Waals surface area (Å²) in [7, 11) is 0.936. The van der Waals surface area contributed by atoms with Gasteiger partial charge in [-0.1, -0.05) is 26.7 Å². The topological polar surface area (TPSA) is 106 Å². The number of carbonyl (C=O) groups excluding carboxylic acids is 1. The summed E-state index contributed by atoms with van der Waals surface area (Å²) in [6.07, 6.45) is 4.04. The highest BCUT2D eigenvalue weighted by molar-refractivity contribution is 6.48.